The van der Waals surface area contributed by atoms with E-state index >= 15 is 0 Å². The number of nitrogens with zero attached hydrogens (tertiary/aromatic N) is 1. The van der Waals surface area contributed by atoms with E-state index in [0.29, 0.717) is 5.92 Å². The fraction of sp³-hybridized carbons (Fsp3) is 0.625. The number of methoxy groups -OCH3 is 2. The zero-order valence-electron chi connectivity index (χ0n) is 12.9. The monoisotopic (exact) mass is 356 g/mol. The molecule has 5 heteroatoms. The molecule has 4 nitrogen and oxygen atoms in total. The lowest BCUT2D eigenvalue weighted by molar-refractivity contribution is 0.161. The molecule has 1 saturated heterocycles. The van der Waals surface area contributed by atoms with Gasteiger partial charge in [-0.05, 0) is 40.0 Å². The van der Waals surface area contributed by atoms with Crippen LogP contribution in [0, 0.1) is 5.92 Å². The number of ether oxygens (including phenoxy) is 2. The molecule has 0 amide bonds. The predicted octanol–water partition coefficient (Wildman–Crippen LogP) is 2.66. The summed E-state index contributed by atoms with van der Waals surface area (Å²) in [5.74, 6) is 0.650. The van der Waals surface area contributed by atoms with Crippen LogP contribution in [0.5, 0.6) is 0 Å². The van der Waals surface area contributed by atoms with Gasteiger partial charge in [0.15, 0.2) is 0 Å². The van der Waals surface area contributed by atoms with E-state index in [1.807, 2.05) is 0 Å². The molecular formula is C16H25BrN2O2. The Kier molecular flexibility index (Phi) is 6.96. The fourth-order valence-corrected chi connectivity index (χ4v) is 3.42. The lowest BCUT2D eigenvalue weighted by Gasteiger charge is -2.21. The molecule has 2 rings (SSSR count). The van der Waals surface area contributed by atoms with Gasteiger partial charge in [0.05, 0.1) is 18.9 Å². The maximum Gasteiger partial charge on any atom is 0.0587 e. The van der Waals surface area contributed by atoms with Crippen LogP contribution in [0.25, 0.3) is 0 Å². The summed E-state index contributed by atoms with van der Waals surface area (Å²) in [6.07, 6.45) is 1.21. The van der Waals surface area contributed by atoms with Crippen LogP contribution in [0.1, 0.15) is 12.0 Å². The summed E-state index contributed by atoms with van der Waals surface area (Å²) in [5, 5.41) is 3.37. The number of nitrogens with one attached hydrogen (secondary N) is 1. The van der Waals surface area contributed by atoms with E-state index in [9.17, 15) is 0 Å². The van der Waals surface area contributed by atoms with Gasteiger partial charge in [-0.25, -0.2) is 0 Å². The SMILES string of the molecule is COCCNCc1ccc(N2CCC(COC)C2)c(Br)c1. The quantitative estimate of drug-likeness (QED) is 0.726. The molecule has 1 aliphatic rings. The molecule has 0 spiro atoms. The lowest BCUT2D eigenvalue weighted by Crippen LogP contribution is -2.22. The molecule has 0 radical (unpaired) electrons. The highest BCUT2D eigenvalue weighted by Crippen LogP contribution is 2.31. The summed E-state index contributed by atoms with van der Waals surface area (Å²) in [5.41, 5.74) is 2.57. The highest BCUT2D eigenvalue weighted by atomic mass is 79.9. The molecule has 0 aliphatic carbocycles. The normalized spacial score (nSPS) is 18.4. The van der Waals surface area contributed by atoms with Gasteiger partial charge in [-0.1, -0.05) is 6.07 Å². The number of hydrogen-bond acceptors (Lipinski definition) is 4. The van der Waals surface area contributed by atoms with Crippen molar-refractivity contribution in [3.8, 4) is 0 Å². The Morgan fingerprint density at radius 1 is 1.33 bits per heavy atom. The van der Waals surface area contributed by atoms with Gasteiger partial charge in [0.25, 0.3) is 0 Å². The van der Waals surface area contributed by atoms with Gasteiger partial charge in [0, 0.05) is 50.8 Å². The van der Waals surface area contributed by atoms with E-state index in [4.69, 9.17) is 9.47 Å². The second kappa shape index (κ2) is 8.73. The molecule has 1 heterocycles. The van der Waals surface area contributed by atoms with E-state index in [-0.39, 0.29) is 0 Å². The van der Waals surface area contributed by atoms with Crippen molar-refractivity contribution in [2.45, 2.75) is 13.0 Å². The molecule has 1 unspecified atom stereocenters. The average molecular weight is 357 g/mol. The van der Waals surface area contributed by atoms with Crippen molar-refractivity contribution in [1.29, 1.82) is 0 Å². The summed E-state index contributed by atoms with van der Waals surface area (Å²) in [6.45, 7) is 5.54. The fourth-order valence-electron chi connectivity index (χ4n) is 2.75. The summed E-state index contributed by atoms with van der Waals surface area (Å²) in [6, 6.07) is 6.62. The van der Waals surface area contributed by atoms with Crippen LogP contribution in [0.3, 0.4) is 0 Å². The second-order valence-electron chi connectivity index (χ2n) is 5.51. The first-order valence-corrected chi connectivity index (χ1v) is 8.26. The van der Waals surface area contributed by atoms with Crippen molar-refractivity contribution >= 4 is 21.6 Å². The minimum atomic E-state index is 0.650. The average Bonchev–Trinajstić information content (AvgIpc) is 2.92. The van der Waals surface area contributed by atoms with E-state index in [1.54, 1.807) is 14.2 Å². The smallest absolute Gasteiger partial charge is 0.0587 e. The topological polar surface area (TPSA) is 33.7 Å². The third-order valence-electron chi connectivity index (χ3n) is 3.85. The van der Waals surface area contributed by atoms with Gasteiger partial charge in [0.1, 0.15) is 0 Å². The number of anilines is 1. The molecule has 1 aromatic rings. The van der Waals surface area contributed by atoms with Crippen LogP contribution in [-0.2, 0) is 16.0 Å². The lowest BCUT2D eigenvalue weighted by atomic mass is 10.1. The number of benzene rings is 1. The van der Waals surface area contributed by atoms with E-state index < -0.39 is 0 Å². The summed E-state index contributed by atoms with van der Waals surface area (Å²) < 4.78 is 11.5. The zero-order chi connectivity index (χ0) is 15.1. The van der Waals surface area contributed by atoms with Gasteiger partial charge in [-0.3, -0.25) is 0 Å². The molecular weight excluding hydrogens is 332 g/mol. The Morgan fingerprint density at radius 3 is 2.90 bits per heavy atom. The first-order valence-electron chi connectivity index (χ1n) is 7.46. The number of rotatable bonds is 8. The third-order valence-corrected chi connectivity index (χ3v) is 4.49. The van der Waals surface area contributed by atoms with Crippen LogP contribution in [0.2, 0.25) is 0 Å². The van der Waals surface area contributed by atoms with E-state index in [2.05, 4.69) is 44.3 Å². The molecule has 0 saturated carbocycles. The molecule has 1 atom stereocenters. The van der Waals surface area contributed by atoms with Crippen LogP contribution in [0.4, 0.5) is 5.69 Å². The van der Waals surface area contributed by atoms with Crippen LogP contribution < -0.4 is 10.2 Å². The van der Waals surface area contributed by atoms with Gasteiger partial charge >= 0.3 is 0 Å². The van der Waals surface area contributed by atoms with Gasteiger partial charge in [0.2, 0.25) is 0 Å². The van der Waals surface area contributed by atoms with E-state index in [0.717, 1.165) is 39.4 Å². The predicted molar refractivity (Wildman–Crippen MR) is 89.9 cm³/mol. The molecule has 21 heavy (non-hydrogen) atoms. The highest BCUT2D eigenvalue weighted by Gasteiger charge is 2.23. The maximum absolute atomic E-state index is 5.27. The number of hydrogen-bond donors (Lipinski definition) is 1. The molecule has 0 aromatic heterocycles. The summed E-state index contributed by atoms with van der Waals surface area (Å²) in [7, 11) is 3.50. The van der Waals surface area contributed by atoms with Crippen LogP contribution >= 0.6 is 15.9 Å². The van der Waals surface area contributed by atoms with Crippen molar-refractivity contribution < 1.29 is 9.47 Å². The minimum Gasteiger partial charge on any atom is -0.384 e. The first kappa shape index (κ1) is 16.7. The summed E-state index contributed by atoms with van der Waals surface area (Å²) >= 11 is 3.71. The Balaban J connectivity index is 1.90. The molecule has 1 aliphatic heterocycles. The van der Waals surface area contributed by atoms with Crippen LogP contribution in [0.15, 0.2) is 22.7 Å². The molecule has 1 N–H and O–H groups in total. The largest absolute Gasteiger partial charge is 0.384 e. The Labute approximate surface area is 135 Å². The van der Waals surface area contributed by atoms with Crippen molar-refractivity contribution in [2.24, 2.45) is 5.92 Å². The Bertz CT molecular complexity index is 442. The Hall–Kier alpha value is -0.620. The Morgan fingerprint density at radius 2 is 2.19 bits per heavy atom. The molecule has 1 aromatic carbocycles. The summed E-state index contributed by atoms with van der Waals surface area (Å²) in [4.78, 5) is 2.44. The molecule has 0 bridgehead atoms. The second-order valence-corrected chi connectivity index (χ2v) is 6.37. The standard InChI is InChI=1S/C16H25BrN2O2/c1-20-8-6-18-10-13-3-4-16(15(17)9-13)19-7-5-14(11-19)12-21-2/h3-4,9,14,18H,5-8,10-12H2,1-2H3. The van der Waals surface area contributed by atoms with Gasteiger partial charge < -0.3 is 19.7 Å². The van der Waals surface area contributed by atoms with Crippen molar-refractivity contribution in [3.05, 3.63) is 28.2 Å². The minimum absolute atomic E-state index is 0.650. The maximum atomic E-state index is 5.27. The molecule has 118 valence electrons. The first-order chi connectivity index (χ1) is 10.2. The van der Waals surface area contributed by atoms with Gasteiger partial charge in [-0.15, -0.1) is 0 Å². The van der Waals surface area contributed by atoms with Gasteiger partial charge in [-0.2, -0.15) is 0 Å². The van der Waals surface area contributed by atoms with Crippen molar-refractivity contribution in [3.63, 3.8) is 0 Å². The number of halogens is 1. The molecule has 1 fully saturated rings. The zero-order valence-corrected chi connectivity index (χ0v) is 14.5. The highest BCUT2D eigenvalue weighted by molar-refractivity contribution is 9.10. The van der Waals surface area contributed by atoms with Crippen molar-refractivity contribution in [2.75, 3.05) is 52.0 Å². The third kappa shape index (κ3) is 4.95. The van der Waals surface area contributed by atoms with E-state index in [1.165, 1.54) is 22.1 Å². The van der Waals surface area contributed by atoms with Crippen molar-refractivity contribution in [1.82, 2.24) is 5.32 Å². The van der Waals surface area contributed by atoms with Crippen LogP contribution in [-0.4, -0.2) is 47.1 Å².